The van der Waals surface area contributed by atoms with Gasteiger partial charge in [0.1, 0.15) is 12.3 Å². The number of hydrogen-bond acceptors (Lipinski definition) is 6. The summed E-state index contributed by atoms with van der Waals surface area (Å²) in [5, 5.41) is 19.4. The zero-order valence-corrected chi connectivity index (χ0v) is 13.1. The average Bonchev–Trinajstić information content (AvgIpc) is 2.84. The van der Waals surface area contributed by atoms with Gasteiger partial charge >= 0.3 is 18.2 Å². The zero-order valence-electron chi connectivity index (χ0n) is 13.1. The Morgan fingerprint density at radius 3 is 2.28 bits per heavy atom. The van der Waals surface area contributed by atoms with E-state index in [0.717, 1.165) is 17.0 Å². The summed E-state index contributed by atoms with van der Waals surface area (Å²) in [6.07, 6.45) is -4.04. The van der Waals surface area contributed by atoms with Crippen molar-refractivity contribution < 1.29 is 32.6 Å². The summed E-state index contributed by atoms with van der Waals surface area (Å²) in [5.74, 6) is -2.76. The number of carbonyl (C=O) groups excluding carboxylic acids is 1. The van der Waals surface area contributed by atoms with Crippen molar-refractivity contribution in [2.24, 2.45) is 12.8 Å². The number of ether oxygens (including phenoxy) is 1. The van der Waals surface area contributed by atoms with Crippen LogP contribution >= 0.6 is 0 Å². The number of aromatic nitrogens is 4. The predicted molar refractivity (Wildman–Crippen MR) is 77.0 cm³/mol. The summed E-state index contributed by atoms with van der Waals surface area (Å²) in [6, 6.07) is 3.54. The first-order chi connectivity index (χ1) is 11.5. The molecule has 0 unspecified atom stereocenters. The Morgan fingerprint density at radius 1 is 1.32 bits per heavy atom. The monoisotopic (exact) mass is 361 g/mol. The van der Waals surface area contributed by atoms with Gasteiger partial charge in [-0.3, -0.25) is 4.68 Å². The van der Waals surface area contributed by atoms with Crippen molar-refractivity contribution in [2.45, 2.75) is 19.7 Å². The number of hydrogen-bond donors (Lipinski definition) is 2. The van der Waals surface area contributed by atoms with E-state index in [-0.39, 0.29) is 6.61 Å². The van der Waals surface area contributed by atoms with Crippen molar-refractivity contribution in [3.8, 4) is 11.3 Å². The summed E-state index contributed by atoms with van der Waals surface area (Å²) < 4.78 is 38.1. The summed E-state index contributed by atoms with van der Waals surface area (Å²) in [6.45, 7) is 1.93. The minimum Gasteiger partial charge on any atom is -0.475 e. The van der Waals surface area contributed by atoms with Crippen molar-refractivity contribution in [3.05, 3.63) is 29.7 Å². The quantitative estimate of drug-likeness (QED) is 0.844. The molecule has 2 aromatic heterocycles. The first-order valence-corrected chi connectivity index (χ1v) is 6.56. The van der Waals surface area contributed by atoms with Crippen LogP contribution in [0.5, 0.6) is 0 Å². The average molecular weight is 361 g/mol. The third-order valence-electron chi connectivity index (χ3n) is 2.61. The van der Waals surface area contributed by atoms with Gasteiger partial charge in [0, 0.05) is 18.8 Å². The highest BCUT2D eigenvalue weighted by molar-refractivity contribution is 5.73. The number of primary amides is 1. The predicted octanol–water partition coefficient (Wildman–Crippen LogP) is 1.41. The number of nitrogens with zero attached hydrogens (tertiary/aromatic N) is 4. The molecule has 0 aromatic carbocycles. The lowest BCUT2D eigenvalue weighted by Crippen LogP contribution is -2.21. The third kappa shape index (κ3) is 6.45. The largest absolute Gasteiger partial charge is 0.490 e. The number of aryl methyl sites for hydroxylation is 2. The van der Waals surface area contributed by atoms with Crippen LogP contribution in [0.3, 0.4) is 0 Å². The molecule has 0 aliphatic rings. The molecular formula is C13H14F3N5O4. The molecule has 0 saturated carbocycles. The fraction of sp³-hybridized carbons (Fsp3) is 0.308. The molecule has 0 fully saturated rings. The van der Waals surface area contributed by atoms with E-state index in [0.29, 0.717) is 5.69 Å². The van der Waals surface area contributed by atoms with E-state index >= 15 is 0 Å². The van der Waals surface area contributed by atoms with E-state index in [1.807, 2.05) is 20.2 Å². The highest BCUT2D eigenvalue weighted by Gasteiger charge is 2.38. The maximum Gasteiger partial charge on any atom is 0.490 e. The first kappa shape index (κ1) is 19.9. The standard InChI is InChI=1S/C11H13N5O2.C2HF3O2/c1-7-9(5-16(2)15-7)10-4-3-8(13-14-10)6-18-11(12)17;3-2(4,5)1(6)7/h3-5H,6H2,1-2H3,(H2,12,17);(H,6,7). The van der Waals surface area contributed by atoms with E-state index in [1.54, 1.807) is 16.8 Å². The van der Waals surface area contributed by atoms with E-state index in [2.05, 4.69) is 20.0 Å². The van der Waals surface area contributed by atoms with Crippen LogP contribution in [0.1, 0.15) is 11.4 Å². The van der Waals surface area contributed by atoms with Gasteiger partial charge in [-0.15, -0.1) is 0 Å². The first-order valence-electron chi connectivity index (χ1n) is 6.56. The van der Waals surface area contributed by atoms with E-state index in [1.165, 1.54) is 0 Å². The summed E-state index contributed by atoms with van der Waals surface area (Å²) in [5.41, 5.74) is 7.94. The minimum absolute atomic E-state index is 0.0225. The van der Waals surface area contributed by atoms with Gasteiger partial charge in [0.15, 0.2) is 0 Å². The van der Waals surface area contributed by atoms with Crippen molar-refractivity contribution in [1.82, 2.24) is 20.0 Å². The molecule has 0 bridgehead atoms. The second-order valence-electron chi connectivity index (χ2n) is 4.62. The molecule has 12 heteroatoms. The Balaban J connectivity index is 0.000000381. The van der Waals surface area contributed by atoms with E-state index in [9.17, 15) is 18.0 Å². The molecule has 1 amide bonds. The molecule has 0 aliphatic carbocycles. The van der Waals surface area contributed by atoms with Crippen LogP contribution in [0.15, 0.2) is 18.3 Å². The highest BCUT2D eigenvalue weighted by Crippen LogP contribution is 2.19. The van der Waals surface area contributed by atoms with Gasteiger partial charge in [-0.2, -0.15) is 28.5 Å². The smallest absolute Gasteiger partial charge is 0.475 e. The molecule has 3 N–H and O–H groups in total. The van der Waals surface area contributed by atoms with Crippen molar-refractivity contribution >= 4 is 12.1 Å². The lowest BCUT2D eigenvalue weighted by atomic mass is 10.2. The minimum atomic E-state index is -5.08. The van der Waals surface area contributed by atoms with Crippen LogP contribution in [-0.4, -0.2) is 43.3 Å². The Bertz CT molecular complexity index is 743. The van der Waals surface area contributed by atoms with Crippen molar-refractivity contribution in [2.75, 3.05) is 0 Å². The van der Waals surface area contributed by atoms with Crippen molar-refractivity contribution in [1.29, 1.82) is 0 Å². The molecule has 136 valence electrons. The third-order valence-corrected chi connectivity index (χ3v) is 2.61. The van der Waals surface area contributed by atoms with Gasteiger partial charge in [0.05, 0.1) is 11.4 Å². The normalized spacial score (nSPS) is 10.6. The molecule has 0 saturated heterocycles. The molecule has 2 aromatic rings. The number of amides is 1. The molecule has 25 heavy (non-hydrogen) atoms. The van der Waals surface area contributed by atoms with Crippen LogP contribution in [0, 0.1) is 6.92 Å². The number of rotatable bonds is 3. The van der Waals surface area contributed by atoms with Crippen molar-refractivity contribution in [3.63, 3.8) is 0 Å². The Kier molecular flexibility index (Phi) is 6.42. The molecule has 0 spiro atoms. The fourth-order valence-electron chi connectivity index (χ4n) is 1.58. The number of carboxylic acids is 1. The van der Waals surface area contributed by atoms with E-state index in [4.69, 9.17) is 15.6 Å². The van der Waals surface area contributed by atoms with Gasteiger partial charge in [-0.25, -0.2) is 9.59 Å². The van der Waals surface area contributed by atoms with Gasteiger partial charge in [-0.05, 0) is 19.1 Å². The van der Waals surface area contributed by atoms with Crippen LogP contribution in [0.4, 0.5) is 18.0 Å². The number of carbonyl (C=O) groups is 2. The SMILES string of the molecule is Cc1nn(C)cc1-c1ccc(COC(N)=O)nn1.O=C(O)C(F)(F)F. The molecular weight excluding hydrogens is 347 g/mol. The number of nitrogens with two attached hydrogens (primary N) is 1. The lowest BCUT2D eigenvalue weighted by Gasteiger charge is -2.01. The summed E-state index contributed by atoms with van der Waals surface area (Å²) >= 11 is 0. The van der Waals surface area contributed by atoms with Gasteiger partial charge in [0.2, 0.25) is 0 Å². The highest BCUT2D eigenvalue weighted by atomic mass is 19.4. The lowest BCUT2D eigenvalue weighted by molar-refractivity contribution is -0.192. The van der Waals surface area contributed by atoms with Gasteiger partial charge < -0.3 is 15.6 Å². The number of alkyl halides is 3. The molecule has 2 heterocycles. The van der Waals surface area contributed by atoms with Gasteiger partial charge in [0.25, 0.3) is 0 Å². The molecule has 0 aliphatic heterocycles. The van der Waals surface area contributed by atoms with Gasteiger partial charge in [-0.1, -0.05) is 0 Å². The van der Waals surface area contributed by atoms with Crippen LogP contribution in [0.25, 0.3) is 11.3 Å². The van der Waals surface area contributed by atoms with Crippen LogP contribution in [0.2, 0.25) is 0 Å². The molecule has 0 atom stereocenters. The number of carboxylic acid groups (broad SMARTS) is 1. The Morgan fingerprint density at radius 2 is 1.92 bits per heavy atom. The summed E-state index contributed by atoms with van der Waals surface area (Å²) in [7, 11) is 1.85. The number of aliphatic carboxylic acids is 1. The Labute approximate surface area is 139 Å². The second-order valence-corrected chi connectivity index (χ2v) is 4.62. The van der Waals surface area contributed by atoms with Crippen LogP contribution < -0.4 is 5.73 Å². The maximum atomic E-state index is 10.6. The zero-order chi connectivity index (χ0) is 19.2. The number of halogens is 3. The molecule has 2 rings (SSSR count). The molecule has 0 radical (unpaired) electrons. The maximum absolute atomic E-state index is 10.6. The fourth-order valence-corrected chi connectivity index (χ4v) is 1.58. The Hall–Kier alpha value is -3.18. The molecule has 9 nitrogen and oxygen atoms in total. The second kappa shape index (κ2) is 8.08. The van der Waals surface area contributed by atoms with Crippen LogP contribution in [-0.2, 0) is 23.2 Å². The topological polar surface area (TPSA) is 133 Å². The van der Waals surface area contributed by atoms with E-state index < -0.39 is 18.2 Å². The summed E-state index contributed by atoms with van der Waals surface area (Å²) in [4.78, 5) is 19.3.